The van der Waals surface area contributed by atoms with E-state index in [9.17, 15) is 8.78 Å². The number of amidine groups is 1. The molecule has 0 amide bonds. The molecule has 0 aliphatic carbocycles. The Balaban J connectivity index is 2.43. The second-order valence-corrected chi connectivity index (χ2v) is 5.46. The van der Waals surface area contributed by atoms with E-state index >= 15 is 0 Å². The number of nitrogen functional groups attached to an aromatic ring is 1. The van der Waals surface area contributed by atoms with E-state index in [2.05, 4.69) is 0 Å². The maximum atomic E-state index is 13.7. The van der Waals surface area contributed by atoms with Crippen LogP contribution in [0.4, 0.5) is 8.78 Å². The van der Waals surface area contributed by atoms with Crippen LogP contribution in [-0.4, -0.2) is 11.6 Å². The lowest BCUT2D eigenvalue weighted by Gasteiger charge is -2.14. The molecule has 0 radical (unpaired) electrons. The summed E-state index contributed by atoms with van der Waals surface area (Å²) >= 11 is 1.51. The third kappa shape index (κ3) is 3.52. The van der Waals surface area contributed by atoms with E-state index in [0.717, 1.165) is 22.8 Å². The largest absolute Gasteiger partial charge is 0.453 e. The van der Waals surface area contributed by atoms with Crippen molar-refractivity contribution >= 4 is 17.6 Å². The molecule has 0 bridgehead atoms. The van der Waals surface area contributed by atoms with Crippen LogP contribution < -0.4 is 10.5 Å². The summed E-state index contributed by atoms with van der Waals surface area (Å²) in [6, 6.07) is 8.21. The minimum atomic E-state index is -0.807. The summed E-state index contributed by atoms with van der Waals surface area (Å²) in [6.07, 6.45) is 0. The summed E-state index contributed by atoms with van der Waals surface area (Å²) in [5.41, 5.74) is 6.01. The first kappa shape index (κ1) is 15.3. The molecule has 0 saturated heterocycles. The average Bonchev–Trinajstić information content (AvgIpc) is 2.42. The number of nitrogens with two attached hydrogens (primary N) is 1. The summed E-state index contributed by atoms with van der Waals surface area (Å²) in [7, 11) is 0. The topological polar surface area (TPSA) is 59.1 Å². The Labute approximate surface area is 125 Å². The molecule has 0 aliphatic heterocycles. The molecule has 2 rings (SSSR count). The van der Waals surface area contributed by atoms with E-state index in [0.29, 0.717) is 5.56 Å². The Morgan fingerprint density at radius 3 is 2.62 bits per heavy atom. The van der Waals surface area contributed by atoms with Crippen LogP contribution in [0.15, 0.2) is 41.3 Å². The van der Waals surface area contributed by atoms with Gasteiger partial charge in [0.2, 0.25) is 0 Å². The first-order chi connectivity index (χ1) is 10.0. The van der Waals surface area contributed by atoms with Gasteiger partial charge >= 0.3 is 0 Å². The van der Waals surface area contributed by atoms with Crippen LogP contribution in [0.2, 0.25) is 0 Å². The molecule has 0 aromatic heterocycles. The number of rotatable bonds is 5. The molecule has 0 saturated carbocycles. The summed E-state index contributed by atoms with van der Waals surface area (Å²) < 4.78 is 32.0. The van der Waals surface area contributed by atoms with Gasteiger partial charge in [-0.25, -0.2) is 8.78 Å². The molecule has 0 heterocycles. The van der Waals surface area contributed by atoms with E-state index in [4.69, 9.17) is 15.9 Å². The maximum Gasteiger partial charge on any atom is 0.168 e. The van der Waals surface area contributed by atoms with Crippen LogP contribution in [0.3, 0.4) is 0 Å². The molecule has 2 aromatic carbocycles. The zero-order valence-electron chi connectivity index (χ0n) is 11.3. The number of ether oxygens (including phenoxy) is 1. The molecule has 0 spiro atoms. The standard InChI is InChI=1S/C15H14F2N2OS/c1-2-21-13-5-3-4-12(14(13)15(18)19)20-11-7-6-9(16)8-10(11)17/h3-8H,2H2,1H3,(H3,18,19). The number of halogens is 2. The monoisotopic (exact) mass is 308 g/mol. The Morgan fingerprint density at radius 1 is 1.24 bits per heavy atom. The third-order valence-corrected chi connectivity index (χ3v) is 3.61. The number of benzene rings is 2. The van der Waals surface area contributed by atoms with Gasteiger partial charge in [-0.15, -0.1) is 11.8 Å². The zero-order valence-corrected chi connectivity index (χ0v) is 12.1. The van der Waals surface area contributed by atoms with Crippen LogP contribution in [-0.2, 0) is 0 Å². The van der Waals surface area contributed by atoms with Gasteiger partial charge in [-0.1, -0.05) is 13.0 Å². The molecule has 0 atom stereocenters. The molecular weight excluding hydrogens is 294 g/mol. The maximum absolute atomic E-state index is 13.7. The Bertz CT molecular complexity index is 677. The van der Waals surface area contributed by atoms with Crippen molar-refractivity contribution in [3.63, 3.8) is 0 Å². The number of hydrogen-bond acceptors (Lipinski definition) is 3. The van der Waals surface area contributed by atoms with Crippen molar-refractivity contribution < 1.29 is 13.5 Å². The highest BCUT2D eigenvalue weighted by atomic mass is 32.2. The molecule has 21 heavy (non-hydrogen) atoms. The van der Waals surface area contributed by atoms with Gasteiger partial charge in [0.25, 0.3) is 0 Å². The fourth-order valence-electron chi connectivity index (χ4n) is 1.81. The molecule has 2 aromatic rings. The Hall–Kier alpha value is -2.08. The molecular formula is C15H14F2N2OS. The van der Waals surface area contributed by atoms with Gasteiger partial charge in [0, 0.05) is 11.0 Å². The van der Waals surface area contributed by atoms with Crippen LogP contribution >= 0.6 is 11.8 Å². The fourth-order valence-corrected chi connectivity index (χ4v) is 2.65. The van der Waals surface area contributed by atoms with Gasteiger partial charge in [0.15, 0.2) is 11.6 Å². The lowest BCUT2D eigenvalue weighted by atomic mass is 10.2. The van der Waals surface area contributed by atoms with E-state index in [1.54, 1.807) is 12.1 Å². The van der Waals surface area contributed by atoms with Crippen molar-refractivity contribution in [3.8, 4) is 11.5 Å². The van der Waals surface area contributed by atoms with Crippen LogP contribution in [0.25, 0.3) is 0 Å². The van der Waals surface area contributed by atoms with E-state index in [1.165, 1.54) is 17.8 Å². The molecule has 3 nitrogen and oxygen atoms in total. The van der Waals surface area contributed by atoms with E-state index < -0.39 is 11.6 Å². The second kappa shape index (κ2) is 6.58. The summed E-state index contributed by atoms with van der Waals surface area (Å²) in [5.74, 6) is -0.692. The fraction of sp³-hybridized carbons (Fsp3) is 0.133. The molecule has 6 heteroatoms. The highest BCUT2D eigenvalue weighted by Gasteiger charge is 2.15. The van der Waals surface area contributed by atoms with Crippen molar-refractivity contribution in [3.05, 3.63) is 53.6 Å². The summed E-state index contributed by atoms with van der Waals surface area (Å²) in [5, 5.41) is 7.68. The average molecular weight is 308 g/mol. The molecule has 3 N–H and O–H groups in total. The Kier molecular flexibility index (Phi) is 4.80. The second-order valence-electron chi connectivity index (χ2n) is 4.15. The lowest BCUT2D eigenvalue weighted by Crippen LogP contribution is -2.14. The van der Waals surface area contributed by atoms with Gasteiger partial charge in [-0.2, -0.15) is 0 Å². The first-order valence-electron chi connectivity index (χ1n) is 6.26. The summed E-state index contributed by atoms with van der Waals surface area (Å²) in [4.78, 5) is 0.782. The van der Waals surface area contributed by atoms with E-state index in [-0.39, 0.29) is 17.3 Å². The first-order valence-corrected chi connectivity index (χ1v) is 7.24. The van der Waals surface area contributed by atoms with Crippen LogP contribution in [0.5, 0.6) is 11.5 Å². The highest BCUT2D eigenvalue weighted by Crippen LogP contribution is 2.33. The quantitative estimate of drug-likeness (QED) is 0.495. The van der Waals surface area contributed by atoms with Crippen molar-refractivity contribution in [2.45, 2.75) is 11.8 Å². The van der Waals surface area contributed by atoms with E-state index in [1.807, 2.05) is 13.0 Å². The van der Waals surface area contributed by atoms with Crippen molar-refractivity contribution in [2.75, 3.05) is 5.75 Å². The molecule has 0 aliphatic rings. The predicted octanol–water partition coefficient (Wildman–Crippen LogP) is 4.15. The third-order valence-electron chi connectivity index (χ3n) is 2.67. The van der Waals surface area contributed by atoms with Crippen molar-refractivity contribution in [2.24, 2.45) is 5.73 Å². The van der Waals surface area contributed by atoms with Gasteiger partial charge in [0.05, 0.1) is 5.56 Å². The number of hydrogen-bond donors (Lipinski definition) is 2. The van der Waals surface area contributed by atoms with Gasteiger partial charge in [0.1, 0.15) is 17.4 Å². The number of nitrogens with one attached hydrogen (secondary N) is 1. The predicted molar refractivity (Wildman–Crippen MR) is 80.3 cm³/mol. The zero-order chi connectivity index (χ0) is 15.4. The Morgan fingerprint density at radius 2 is 2.00 bits per heavy atom. The SMILES string of the molecule is CCSc1cccc(Oc2ccc(F)cc2F)c1C(=N)N. The van der Waals surface area contributed by atoms with Gasteiger partial charge < -0.3 is 10.5 Å². The molecule has 0 fully saturated rings. The minimum Gasteiger partial charge on any atom is -0.453 e. The molecule has 0 unspecified atom stereocenters. The van der Waals surface area contributed by atoms with Gasteiger partial charge in [-0.3, -0.25) is 5.41 Å². The normalized spacial score (nSPS) is 10.4. The van der Waals surface area contributed by atoms with Gasteiger partial charge in [-0.05, 0) is 30.0 Å². The summed E-state index contributed by atoms with van der Waals surface area (Å²) in [6.45, 7) is 1.97. The highest BCUT2D eigenvalue weighted by molar-refractivity contribution is 7.99. The number of thioether (sulfide) groups is 1. The smallest absolute Gasteiger partial charge is 0.168 e. The van der Waals surface area contributed by atoms with Crippen molar-refractivity contribution in [1.82, 2.24) is 0 Å². The molecule has 110 valence electrons. The minimum absolute atomic E-state index is 0.113. The lowest BCUT2D eigenvalue weighted by molar-refractivity contribution is 0.436. The van der Waals surface area contributed by atoms with Crippen LogP contribution in [0, 0.1) is 17.0 Å². The van der Waals surface area contributed by atoms with Crippen molar-refractivity contribution in [1.29, 1.82) is 5.41 Å². The van der Waals surface area contributed by atoms with Crippen LogP contribution in [0.1, 0.15) is 12.5 Å².